The molecule has 6 nitrogen and oxygen atoms in total. The van der Waals surface area contributed by atoms with Gasteiger partial charge in [-0.25, -0.2) is 4.79 Å². The third kappa shape index (κ3) is 5.87. The van der Waals surface area contributed by atoms with Crippen molar-refractivity contribution in [2.75, 3.05) is 0 Å². The first-order valence-corrected chi connectivity index (χ1v) is 9.46. The maximum absolute atomic E-state index is 12.2. The summed E-state index contributed by atoms with van der Waals surface area (Å²) in [6, 6.07) is 17.0. The monoisotopic (exact) mass is 378 g/mol. The standard InChI is InChI=1S/C22H26N4O2/c1-17(7-8-18-9-11-21(27)12-10-18)25-22(28)23-15-19-5-2-3-6-20(19)16-26-14-4-13-24-26/h2-6,9-14,17,27H,7-8,15-16H2,1H3,(H2,23,25,28). The lowest BCUT2D eigenvalue weighted by atomic mass is 10.1. The SMILES string of the molecule is CC(CCc1ccc(O)cc1)NC(=O)NCc1ccccc1Cn1cccn1. The summed E-state index contributed by atoms with van der Waals surface area (Å²) >= 11 is 0. The Morgan fingerprint density at radius 3 is 2.57 bits per heavy atom. The first-order chi connectivity index (χ1) is 13.6. The number of nitrogens with one attached hydrogen (secondary N) is 2. The van der Waals surface area contributed by atoms with Crippen LogP contribution in [0, 0.1) is 0 Å². The quantitative estimate of drug-likeness (QED) is 0.562. The number of phenolic OH excluding ortho intramolecular Hbond substituents is 1. The van der Waals surface area contributed by atoms with Crippen molar-refractivity contribution in [1.29, 1.82) is 0 Å². The number of carbonyl (C=O) groups is 1. The molecule has 0 radical (unpaired) electrons. The minimum atomic E-state index is -0.174. The van der Waals surface area contributed by atoms with Crippen molar-refractivity contribution >= 4 is 6.03 Å². The number of hydrogen-bond acceptors (Lipinski definition) is 3. The van der Waals surface area contributed by atoms with Crippen molar-refractivity contribution in [3.8, 4) is 5.75 Å². The fraction of sp³-hybridized carbons (Fsp3) is 0.273. The van der Waals surface area contributed by atoms with Gasteiger partial charge in [0.15, 0.2) is 0 Å². The van der Waals surface area contributed by atoms with Crippen molar-refractivity contribution in [3.63, 3.8) is 0 Å². The van der Waals surface area contributed by atoms with Gasteiger partial charge in [0.2, 0.25) is 0 Å². The number of hydrogen-bond donors (Lipinski definition) is 3. The highest BCUT2D eigenvalue weighted by molar-refractivity contribution is 5.74. The average molecular weight is 378 g/mol. The normalized spacial score (nSPS) is 11.8. The van der Waals surface area contributed by atoms with E-state index in [0.29, 0.717) is 13.1 Å². The van der Waals surface area contributed by atoms with Crippen LogP contribution in [0.1, 0.15) is 30.0 Å². The van der Waals surface area contributed by atoms with Gasteiger partial charge in [-0.2, -0.15) is 5.10 Å². The Balaban J connectivity index is 1.45. The Labute approximate surface area is 165 Å². The molecule has 0 aliphatic carbocycles. The van der Waals surface area contributed by atoms with Crippen LogP contribution in [0.15, 0.2) is 67.0 Å². The predicted molar refractivity (Wildman–Crippen MR) is 109 cm³/mol. The largest absolute Gasteiger partial charge is 0.508 e. The van der Waals surface area contributed by atoms with E-state index in [0.717, 1.165) is 29.5 Å². The molecule has 6 heteroatoms. The van der Waals surface area contributed by atoms with Gasteiger partial charge in [0.05, 0.1) is 6.54 Å². The molecule has 1 unspecified atom stereocenters. The lowest BCUT2D eigenvalue weighted by Crippen LogP contribution is -2.40. The fourth-order valence-corrected chi connectivity index (χ4v) is 3.02. The van der Waals surface area contributed by atoms with Gasteiger partial charge < -0.3 is 15.7 Å². The number of rotatable bonds is 8. The molecule has 0 saturated carbocycles. The van der Waals surface area contributed by atoms with Gasteiger partial charge in [-0.3, -0.25) is 4.68 Å². The number of urea groups is 1. The van der Waals surface area contributed by atoms with Crippen LogP contribution in [-0.4, -0.2) is 27.0 Å². The number of nitrogens with zero attached hydrogens (tertiary/aromatic N) is 2. The minimum absolute atomic E-state index is 0.0492. The number of carbonyl (C=O) groups excluding carboxylic acids is 1. The topological polar surface area (TPSA) is 79.2 Å². The van der Waals surface area contributed by atoms with Gasteiger partial charge in [-0.15, -0.1) is 0 Å². The molecule has 1 aromatic heterocycles. The Bertz CT molecular complexity index is 876. The molecule has 0 bridgehead atoms. The Morgan fingerprint density at radius 2 is 1.86 bits per heavy atom. The van der Waals surface area contributed by atoms with Crippen molar-refractivity contribution in [1.82, 2.24) is 20.4 Å². The van der Waals surface area contributed by atoms with Crippen LogP contribution in [0.4, 0.5) is 4.79 Å². The molecule has 3 aromatic rings. The molecule has 3 rings (SSSR count). The summed E-state index contributed by atoms with van der Waals surface area (Å²) in [5.41, 5.74) is 3.34. The third-order valence-corrected chi connectivity index (χ3v) is 4.63. The van der Waals surface area contributed by atoms with E-state index < -0.39 is 0 Å². The number of benzene rings is 2. The molecule has 3 N–H and O–H groups in total. The Kier molecular flexibility index (Phi) is 6.68. The van der Waals surface area contributed by atoms with Crippen molar-refractivity contribution in [3.05, 3.63) is 83.7 Å². The molecular formula is C22H26N4O2. The van der Waals surface area contributed by atoms with Gasteiger partial charge >= 0.3 is 6.03 Å². The molecule has 0 fully saturated rings. The molecule has 28 heavy (non-hydrogen) atoms. The van der Waals surface area contributed by atoms with Crippen LogP contribution in [0.2, 0.25) is 0 Å². The van der Waals surface area contributed by atoms with Gasteiger partial charge in [-0.1, -0.05) is 36.4 Å². The zero-order valence-electron chi connectivity index (χ0n) is 16.0. The van der Waals surface area contributed by atoms with E-state index in [1.807, 2.05) is 54.2 Å². The van der Waals surface area contributed by atoms with Gasteiger partial charge in [0, 0.05) is 25.0 Å². The molecule has 0 aliphatic heterocycles. The van der Waals surface area contributed by atoms with Gasteiger partial charge in [0.25, 0.3) is 0 Å². The number of aryl methyl sites for hydroxylation is 1. The predicted octanol–water partition coefficient (Wildman–Crippen LogP) is 3.46. The molecule has 0 spiro atoms. The highest BCUT2D eigenvalue weighted by Crippen LogP contribution is 2.12. The third-order valence-electron chi connectivity index (χ3n) is 4.63. The number of amides is 2. The second-order valence-corrected chi connectivity index (χ2v) is 6.91. The van der Waals surface area contributed by atoms with E-state index in [9.17, 15) is 9.90 Å². The number of phenols is 1. The van der Waals surface area contributed by atoms with E-state index in [2.05, 4.69) is 21.8 Å². The lowest BCUT2D eigenvalue weighted by molar-refractivity contribution is 0.236. The summed E-state index contributed by atoms with van der Waals surface area (Å²) < 4.78 is 1.87. The molecular weight excluding hydrogens is 352 g/mol. The van der Waals surface area contributed by atoms with E-state index in [1.165, 1.54) is 0 Å². The van der Waals surface area contributed by atoms with Crippen LogP contribution in [0.25, 0.3) is 0 Å². The van der Waals surface area contributed by atoms with E-state index in [1.54, 1.807) is 18.3 Å². The lowest BCUT2D eigenvalue weighted by Gasteiger charge is -2.16. The highest BCUT2D eigenvalue weighted by atomic mass is 16.3. The minimum Gasteiger partial charge on any atom is -0.508 e. The summed E-state index contributed by atoms with van der Waals surface area (Å²) in [4.78, 5) is 12.2. The van der Waals surface area contributed by atoms with Crippen molar-refractivity contribution in [2.45, 2.75) is 38.9 Å². The summed E-state index contributed by atoms with van der Waals surface area (Å²) in [6.45, 7) is 3.13. The summed E-state index contributed by atoms with van der Waals surface area (Å²) in [5, 5.41) is 19.5. The first-order valence-electron chi connectivity index (χ1n) is 9.46. The van der Waals surface area contributed by atoms with Crippen molar-refractivity contribution < 1.29 is 9.90 Å². The fourth-order valence-electron chi connectivity index (χ4n) is 3.02. The Morgan fingerprint density at radius 1 is 1.11 bits per heavy atom. The second-order valence-electron chi connectivity index (χ2n) is 6.91. The second kappa shape index (κ2) is 9.60. The van der Waals surface area contributed by atoms with Crippen LogP contribution in [-0.2, 0) is 19.5 Å². The van der Waals surface area contributed by atoms with Gasteiger partial charge in [-0.05, 0) is 54.7 Å². The molecule has 2 amide bonds. The maximum Gasteiger partial charge on any atom is 0.315 e. The first kappa shape index (κ1) is 19.5. The van der Waals surface area contributed by atoms with Gasteiger partial charge in [0.1, 0.15) is 5.75 Å². The van der Waals surface area contributed by atoms with Crippen molar-refractivity contribution in [2.24, 2.45) is 0 Å². The smallest absolute Gasteiger partial charge is 0.315 e. The summed E-state index contributed by atoms with van der Waals surface area (Å²) in [6.07, 6.45) is 5.35. The average Bonchev–Trinajstić information content (AvgIpc) is 3.20. The molecule has 2 aromatic carbocycles. The number of aromatic hydroxyl groups is 1. The van der Waals surface area contributed by atoms with Crippen LogP contribution < -0.4 is 10.6 Å². The zero-order chi connectivity index (χ0) is 19.8. The summed E-state index contributed by atoms with van der Waals surface area (Å²) in [7, 11) is 0. The van der Waals surface area contributed by atoms with E-state index in [4.69, 9.17) is 0 Å². The maximum atomic E-state index is 12.2. The van der Waals surface area contributed by atoms with Crippen LogP contribution in [0.3, 0.4) is 0 Å². The summed E-state index contributed by atoms with van der Waals surface area (Å²) in [5.74, 6) is 0.266. The zero-order valence-corrected chi connectivity index (χ0v) is 16.0. The van der Waals surface area contributed by atoms with E-state index in [-0.39, 0.29) is 17.8 Å². The van der Waals surface area contributed by atoms with Crippen LogP contribution >= 0.6 is 0 Å². The molecule has 1 heterocycles. The van der Waals surface area contributed by atoms with E-state index >= 15 is 0 Å². The molecule has 0 saturated heterocycles. The molecule has 146 valence electrons. The Hall–Kier alpha value is -3.28. The number of aromatic nitrogens is 2. The molecule has 1 atom stereocenters. The van der Waals surface area contributed by atoms with Crippen LogP contribution in [0.5, 0.6) is 5.75 Å². The molecule has 0 aliphatic rings. The highest BCUT2D eigenvalue weighted by Gasteiger charge is 2.09.